The van der Waals surface area contributed by atoms with Crippen molar-refractivity contribution in [1.82, 2.24) is 10.2 Å². The van der Waals surface area contributed by atoms with Crippen LogP contribution in [0.1, 0.15) is 47.4 Å². The summed E-state index contributed by atoms with van der Waals surface area (Å²) in [6.07, 6.45) is -3.82. The Hall–Kier alpha value is -2.91. The first-order valence-corrected chi connectivity index (χ1v) is 12.1. The fraction of sp³-hybridized carbons (Fsp3) is 0.481. The number of likely N-dealkylation sites (tertiary alicyclic amines) is 1. The minimum absolute atomic E-state index is 0.00211. The molecule has 2 amide bonds. The summed E-state index contributed by atoms with van der Waals surface area (Å²) in [6.45, 7) is 1.82. The van der Waals surface area contributed by atoms with Crippen molar-refractivity contribution in [3.8, 4) is 0 Å². The molecular formula is C27H29F3N2O4. The van der Waals surface area contributed by atoms with Crippen LogP contribution in [0.25, 0.3) is 0 Å². The van der Waals surface area contributed by atoms with Gasteiger partial charge in [-0.3, -0.25) is 9.59 Å². The molecule has 3 heterocycles. The number of carbonyl (C=O) groups is 2. The quantitative estimate of drug-likeness (QED) is 0.686. The van der Waals surface area contributed by atoms with Gasteiger partial charge in [0.15, 0.2) is 0 Å². The van der Waals surface area contributed by atoms with E-state index in [4.69, 9.17) is 9.47 Å². The van der Waals surface area contributed by atoms with Crippen LogP contribution in [-0.2, 0) is 37.9 Å². The first-order chi connectivity index (χ1) is 17.2. The normalized spacial score (nSPS) is 23.2. The number of carbonyl (C=O) groups excluding carboxylic acids is 2. The molecule has 1 unspecified atom stereocenters. The molecule has 2 saturated heterocycles. The van der Waals surface area contributed by atoms with E-state index < -0.39 is 23.1 Å². The molecule has 0 aliphatic carbocycles. The Labute approximate surface area is 207 Å². The zero-order chi connectivity index (χ0) is 25.6. The predicted molar refractivity (Wildman–Crippen MR) is 125 cm³/mol. The minimum Gasteiger partial charge on any atom is -0.372 e. The van der Waals surface area contributed by atoms with Crippen molar-refractivity contribution in [2.75, 3.05) is 26.7 Å². The molecule has 2 aromatic rings. The first kappa shape index (κ1) is 24.8. The molecule has 3 aliphatic rings. The van der Waals surface area contributed by atoms with Crippen molar-refractivity contribution >= 4 is 11.8 Å². The van der Waals surface area contributed by atoms with Gasteiger partial charge in [-0.1, -0.05) is 48.5 Å². The number of methoxy groups -OCH3 is 1. The number of benzene rings is 2. The zero-order valence-electron chi connectivity index (χ0n) is 20.1. The summed E-state index contributed by atoms with van der Waals surface area (Å²) in [5.41, 5.74) is -0.400. The maximum absolute atomic E-state index is 14.4. The molecule has 5 rings (SSSR count). The van der Waals surface area contributed by atoms with Gasteiger partial charge in [-0.25, -0.2) is 0 Å². The molecule has 2 aromatic carbocycles. The highest BCUT2D eigenvalue weighted by molar-refractivity contribution is 5.88. The highest BCUT2D eigenvalue weighted by Gasteiger charge is 2.64. The van der Waals surface area contributed by atoms with Crippen molar-refractivity contribution in [1.29, 1.82) is 0 Å². The molecule has 0 aromatic heterocycles. The standard InChI is InChI=1S/C27H29F3N2O4/c1-35-26(27(28,29)30,21-5-3-2-4-6-21)24(34)32-11-9-25(10-12-32)14-23(33)31-15-22(25)18-7-8-19-16-36-17-20(19)13-18/h2-8,13,22H,9-12,14-17H2,1H3,(H,31,33)/t22?,26-/m1/s1. The summed E-state index contributed by atoms with van der Waals surface area (Å²) in [5, 5.41) is 2.96. The largest absolute Gasteiger partial charge is 0.430 e. The number of halogens is 3. The SMILES string of the molecule is CO[C@@](C(=O)N1CCC2(CC1)CC(=O)NCC2c1ccc2c(c1)COC2)(c1ccccc1)C(F)(F)F. The zero-order valence-corrected chi connectivity index (χ0v) is 20.1. The maximum atomic E-state index is 14.4. The number of fused-ring (bicyclic) bond motifs is 1. The highest BCUT2D eigenvalue weighted by Crippen LogP contribution is 2.50. The van der Waals surface area contributed by atoms with E-state index in [0.717, 1.165) is 23.8 Å². The first-order valence-electron chi connectivity index (χ1n) is 12.1. The van der Waals surface area contributed by atoms with Gasteiger partial charge in [0, 0.05) is 44.6 Å². The number of nitrogens with one attached hydrogen (secondary N) is 1. The summed E-state index contributed by atoms with van der Waals surface area (Å²) >= 11 is 0. The molecular weight excluding hydrogens is 473 g/mol. The second kappa shape index (κ2) is 9.19. The van der Waals surface area contributed by atoms with Crippen LogP contribution < -0.4 is 5.32 Å². The molecule has 0 bridgehead atoms. The average Bonchev–Trinajstić information content (AvgIpc) is 3.33. The van der Waals surface area contributed by atoms with E-state index in [1.54, 1.807) is 6.07 Å². The highest BCUT2D eigenvalue weighted by atomic mass is 19.4. The molecule has 6 nitrogen and oxygen atoms in total. The third kappa shape index (κ3) is 3.98. The number of alkyl halides is 3. The van der Waals surface area contributed by atoms with E-state index in [0.29, 0.717) is 32.6 Å². The van der Waals surface area contributed by atoms with Crippen LogP contribution in [0.5, 0.6) is 0 Å². The summed E-state index contributed by atoms with van der Waals surface area (Å²) in [4.78, 5) is 27.2. The van der Waals surface area contributed by atoms with E-state index in [9.17, 15) is 22.8 Å². The number of rotatable bonds is 4. The fourth-order valence-electron chi connectivity index (χ4n) is 6.12. The van der Waals surface area contributed by atoms with Crippen molar-refractivity contribution in [2.45, 2.75) is 50.2 Å². The van der Waals surface area contributed by atoms with E-state index in [-0.39, 0.29) is 36.9 Å². The molecule has 9 heteroatoms. The molecule has 1 spiro atoms. The molecule has 192 valence electrons. The van der Waals surface area contributed by atoms with Gasteiger partial charge in [0.1, 0.15) is 0 Å². The van der Waals surface area contributed by atoms with Crippen molar-refractivity contribution in [3.05, 3.63) is 70.8 Å². The number of amides is 2. The van der Waals surface area contributed by atoms with Gasteiger partial charge in [0.25, 0.3) is 11.5 Å². The molecule has 3 aliphatic heterocycles. The Bertz CT molecular complexity index is 1150. The molecule has 0 radical (unpaired) electrons. The molecule has 2 atom stereocenters. The summed E-state index contributed by atoms with van der Waals surface area (Å²) in [7, 11) is 0.920. The van der Waals surface area contributed by atoms with Crippen LogP contribution in [0.4, 0.5) is 13.2 Å². The van der Waals surface area contributed by atoms with Crippen LogP contribution in [0.15, 0.2) is 48.5 Å². The Morgan fingerprint density at radius 1 is 1.08 bits per heavy atom. The fourth-order valence-corrected chi connectivity index (χ4v) is 6.12. The van der Waals surface area contributed by atoms with Crippen molar-refractivity contribution in [3.63, 3.8) is 0 Å². The van der Waals surface area contributed by atoms with E-state index >= 15 is 0 Å². The lowest BCUT2D eigenvalue weighted by Gasteiger charge is -2.50. The Balaban J connectivity index is 1.42. The monoisotopic (exact) mass is 502 g/mol. The Morgan fingerprint density at radius 2 is 1.78 bits per heavy atom. The van der Waals surface area contributed by atoms with Gasteiger partial charge >= 0.3 is 6.18 Å². The van der Waals surface area contributed by atoms with E-state index in [2.05, 4.69) is 23.5 Å². The molecule has 36 heavy (non-hydrogen) atoms. The second-order valence-corrected chi connectivity index (χ2v) is 9.96. The molecule has 1 N–H and O–H groups in total. The summed E-state index contributed by atoms with van der Waals surface area (Å²) in [5.74, 6) is -1.19. The minimum atomic E-state index is -4.95. The summed E-state index contributed by atoms with van der Waals surface area (Å²) < 4.78 is 53.8. The van der Waals surface area contributed by atoms with Crippen LogP contribution in [0.2, 0.25) is 0 Å². The van der Waals surface area contributed by atoms with Gasteiger partial charge in [-0.15, -0.1) is 0 Å². The second-order valence-electron chi connectivity index (χ2n) is 9.96. The number of piperidine rings is 2. The van der Waals surface area contributed by atoms with Crippen molar-refractivity contribution in [2.24, 2.45) is 5.41 Å². The topological polar surface area (TPSA) is 67.9 Å². The lowest BCUT2D eigenvalue weighted by molar-refractivity contribution is -0.271. The van der Waals surface area contributed by atoms with Gasteiger partial charge in [-0.2, -0.15) is 13.2 Å². The third-order valence-electron chi connectivity index (χ3n) is 8.14. The van der Waals surface area contributed by atoms with Gasteiger partial charge in [-0.05, 0) is 34.9 Å². The van der Waals surface area contributed by atoms with E-state index in [1.807, 2.05) is 0 Å². The van der Waals surface area contributed by atoms with Gasteiger partial charge < -0.3 is 19.7 Å². The summed E-state index contributed by atoms with van der Waals surface area (Å²) in [6, 6.07) is 13.3. The maximum Gasteiger partial charge on any atom is 0.430 e. The van der Waals surface area contributed by atoms with E-state index in [1.165, 1.54) is 29.2 Å². The molecule has 2 fully saturated rings. The average molecular weight is 503 g/mol. The van der Waals surface area contributed by atoms with Crippen molar-refractivity contribution < 1.29 is 32.2 Å². The number of ether oxygens (including phenoxy) is 2. The van der Waals surface area contributed by atoms with Crippen LogP contribution in [0, 0.1) is 5.41 Å². The van der Waals surface area contributed by atoms with Gasteiger partial charge in [0.05, 0.1) is 13.2 Å². The number of hydrogen-bond acceptors (Lipinski definition) is 4. The number of hydrogen-bond donors (Lipinski definition) is 1. The Morgan fingerprint density at radius 3 is 2.44 bits per heavy atom. The predicted octanol–water partition coefficient (Wildman–Crippen LogP) is 4.03. The number of nitrogens with zero attached hydrogens (tertiary/aromatic N) is 1. The smallest absolute Gasteiger partial charge is 0.372 e. The van der Waals surface area contributed by atoms with Gasteiger partial charge in [0.2, 0.25) is 5.91 Å². The lowest BCUT2D eigenvalue weighted by Crippen LogP contribution is -2.60. The lowest BCUT2D eigenvalue weighted by atomic mass is 9.62. The molecule has 0 saturated carbocycles. The van der Waals surface area contributed by atoms with Crippen LogP contribution >= 0.6 is 0 Å². The third-order valence-corrected chi connectivity index (χ3v) is 8.14. The van der Waals surface area contributed by atoms with Crippen LogP contribution in [0.3, 0.4) is 0 Å². The van der Waals surface area contributed by atoms with Crippen LogP contribution in [-0.4, -0.2) is 49.6 Å². The Kier molecular flexibility index (Phi) is 6.32.